The van der Waals surface area contributed by atoms with E-state index in [9.17, 15) is 0 Å². The quantitative estimate of drug-likeness (QED) is 0.930. The minimum Gasteiger partial charge on any atom is -0.306 e. The summed E-state index contributed by atoms with van der Waals surface area (Å²) < 4.78 is 1.90. The van der Waals surface area contributed by atoms with Crippen LogP contribution in [0, 0.1) is 13.8 Å². The third-order valence-electron chi connectivity index (χ3n) is 3.22. The van der Waals surface area contributed by atoms with Crippen molar-refractivity contribution in [2.75, 3.05) is 0 Å². The van der Waals surface area contributed by atoms with E-state index in [0.717, 1.165) is 18.8 Å². The van der Waals surface area contributed by atoms with Gasteiger partial charge >= 0.3 is 0 Å². The summed E-state index contributed by atoms with van der Waals surface area (Å²) in [6.07, 6.45) is 2.01. The molecule has 0 atom stereocenters. The summed E-state index contributed by atoms with van der Waals surface area (Å²) in [4.78, 5) is 0. The van der Waals surface area contributed by atoms with Gasteiger partial charge in [0.05, 0.1) is 18.4 Å². The van der Waals surface area contributed by atoms with Crippen molar-refractivity contribution < 1.29 is 0 Å². The lowest BCUT2D eigenvalue weighted by Gasteiger charge is -2.19. The SMILES string of the molecule is Cc1ccc(C)c(Cn2cc(CNC(C)(C)C)nn2)c1. The molecule has 0 radical (unpaired) electrons. The van der Waals surface area contributed by atoms with Gasteiger partial charge in [-0.2, -0.15) is 0 Å². The average molecular weight is 272 g/mol. The molecular formula is C16H24N4. The van der Waals surface area contributed by atoms with E-state index in [1.807, 2.05) is 10.9 Å². The second-order valence-corrected chi connectivity index (χ2v) is 6.44. The molecule has 0 aliphatic rings. The number of benzene rings is 1. The van der Waals surface area contributed by atoms with Crippen LogP contribution >= 0.6 is 0 Å². The minimum atomic E-state index is 0.0942. The van der Waals surface area contributed by atoms with Gasteiger partial charge in [0.25, 0.3) is 0 Å². The summed E-state index contributed by atoms with van der Waals surface area (Å²) in [6.45, 7) is 12.2. The molecule has 4 nitrogen and oxygen atoms in total. The van der Waals surface area contributed by atoms with E-state index in [0.29, 0.717) is 0 Å². The fourth-order valence-corrected chi connectivity index (χ4v) is 2.00. The van der Waals surface area contributed by atoms with Crippen molar-refractivity contribution >= 4 is 0 Å². The molecule has 1 aromatic carbocycles. The maximum Gasteiger partial charge on any atom is 0.0965 e. The summed E-state index contributed by atoms with van der Waals surface area (Å²) in [5.41, 5.74) is 4.94. The highest BCUT2D eigenvalue weighted by Gasteiger charge is 2.10. The first-order valence-corrected chi connectivity index (χ1v) is 7.04. The van der Waals surface area contributed by atoms with E-state index in [1.165, 1.54) is 16.7 Å². The molecule has 0 fully saturated rings. The molecule has 1 heterocycles. The van der Waals surface area contributed by atoms with Crippen LogP contribution in [0.4, 0.5) is 0 Å². The van der Waals surface area contributed by atoms with E-state index in [1.54, 1.807) is 0 Å². The van der Waals surface area contributed by atoms with Crippen LogP contribution in [0.15, 0.2) is 24.4 Å². The highest BCUT2D eigenvalue weighted by molar-refractivity contribution is 5.30. The number of nitrogens with one attached hydrogen (secondary N) is 1. The van der Waals surface area contributed by atoms with E-state index >= 15 is 0 Å². The summed E-state index contributed by atoms with van der Waals surface area (Å²) in [7, 11) is 0. The van der Waals surface area contributed by atoms with Gasteiger partial charge in [-0.25, -0.2) is 4.68 Å². The average Bonchev–Trinajstić information content (AvgIpc) is 2.78. The van der Waals surface area contributed by atoms with Crippen LogP contribution in [0.2, 0.25) is 0 Å². The maximum atomic E-state index is 4.22. The Labute approximate surface area is 121 Å². The molecule has 0 aliphatic heterocycles. The Morgan fingerprint density at radius 1 is 1.20 bits per heavy atom. The molecule has 0 bridgehead atoms. The van der Waals surface area contributed by atoms with E-state index < -0.39 is 0 Å². The van der Waals surface area contributed by atoms with Gasteiger partial charge in [-0.05, 0) is 45.7 Å². The normalized spacial score (nSPS) is 11.8. The van der Waals surface area contributed by atoms with E-state index in [4.69, 9.17) is 0 Å². The summed E-state index contributed by atoms with van der Waals surface area (Å²) in [5, 5.41) is 11.8. The standard InChI is InChI=1S/C16H24N4/c1-12-6-7-13(2)14(8-12)10-20-11-15(18-19-20)9-17-16(3,4)5/h6-8,11,17H,9-10H2,1-5H3. The number of aromatic nitrogens is 3. The first-order chi connectivity index (χ1) is 9.33. The number of hydrogen-bond acceptors (Lipinski definition) is 3. The van der Waals surface area contributed by atoms with Crippen molar-refractivity contribution in [1.82, 2.24) is 20.3 Å². The van der Waals surface area contributed by atoms with Gasteiger partial charge in [0, 0.05) is 12.1 Å². The number of hydrogen-bond donors (Lipinski definition) is 1. The molecule has 2 rings (SSSR count). The van der Waals surface area contributed by atoms with Crippen LogP contribution < -0.4 is 5.32 Å². The van der Waals surface area contributed by atoms with Crippen molar-refractivity contribution in [1.29, 1.82) is 0 Å². The molecule has 0 unspecified atom stereocenters. The zero-order valence-electron chi connectivity index (χ0n) is 13.1. The van der Waals surface area contributed by atoms with Gasteiger partial charge in [0.1, 0.15) is 0 Å². The maximum absolute atomic E-state index is 4.22. The van der Waals surface area contributed by atoms with Crippen LogP contribution in [0.1, 0.15) is 43.2 Å². The van der Waals surface area contributed by atoms with Gasteiger partial charge in [-0.1, -0.05) is 29.0 Å². The number of nitrogens with zero attached hydrogens (tertiary/aromatic N) is 3. The Kier molecular flexibility index (Phi) is 4.23. The van der Waals surface area contributed by atoms with Gasteiger partial charge in [-0.15, -0.1) is 5.10 Å². The van der Waals surface area contributed by atoms with Crippen molar-refractivity contribution in [2.24, 2.45) is 0 Å². The molecule has 0 aliphatic carbocycles. The monoisotopic (exact) mass is 272 g/mol. The molecule has 2 aromatic rings. The smallest absolute Gasteiger partial charge is 0.0965 e. The Balaban J connectivity index is 2.04. The molecule has 0 saturated heterocycles. The highest BCUT2D eigenvalue weighted by Crippen LogP contribution is 2.12. The van der Waals surface area contributed by atoms with Crippen molar-refractivity contribution in [2.45, 2.75) is 53.2 Å². The molecular weight excluding hydrogens is 248 g/mol. The third-order valence-corrected chi connectivity index (χ3v) is 3.22. The van der Waals surface area contributed by atoms with E-state index in [-0.39, 0.29) is 5.54 Å². The summed E-state index contributed by atoms with van der Waals surface area (Å²) >= 11 is 0. The van der Waals surface area contributed by atoms with Gasteiger partial charge < -0.3 is 5.32 Å². The summed E-state index contributed by atoms with van der Waals surface area (Å²) in [5.74, 6) is 0. The van der Waals surface area contributed by atoms with Crippen LogP contribution in [0.5, 0.6) is 0 Å². The second kappa shape index (κ2) is 5.75. The lowest BCUT2D eigenvalue weighted by atomic mass is 10.1. The van der Waals surface area contributed by atoms with Crippen molar-refractivity contribution in [3.8, 4) is 0 Å². The molecule has 0 spiro atoms. The molecule has 20 heavy (non-hydrogen) atoms. The van der Waals surface area contributed by atoms with Crippen LogP contribution in [-0.4, -0.2) is 20.5 Å². The molecule has 1 N–H and O–H groups in total. The zero-order chi connectivity index (χ0) is 14.8. The second-order valence-electron chi connectivity index (χ2n) is 6.44. The summed E-state index contributed by atoms with van der Waals surface area (Å²) in [6, 6.07) is 6.51. The Morgan fingerprint density at radius 3 is 2.65 bits per heavy atom. The first-order valence-electron chi connectivity index (χ1n) is 7.04. The van der Waals surface area contributed by atoms with E-state index in [2.05, 4.69) is 68.4 Å². The molecule has 0 amide bonds. The molecule has 4 heteroatoms. The predicted octanol–water partition coefficient (Wildman–Crippen LogP) is 2.83. The van der Waals surface area contributed by atoms with Crippen molar-refractivity contribution in [3.63, 3.8) is 0 Å². The largest absolute Gasteiger partial charge is 0.306 e. The van der Waals surface area contributed by atoms with Crippen LogP contribution in [-0.2, 0) is 13.1 Å². The number of rotatable bonds is 4. The fraction of sp³-hybridized carbons (Fsp3) is 0.500. The van der Waals surface area contributed by atoms with Gasteiger partial charge in [0.2, 0.25) is 0 Å². The lowest BCUT2D eigenvalue weighted by Crippen LogP contribution is -2.35. The topological polar surface area (TPSA) is 42.7 Å². The van der Waals surface area contributed by atoms with Gasteiger partial charge in [-0.3, -0.25) is 0 Å². The first kappa shape index (κ1) is 14.7. The number of aryl methyl sites for hydroxylation is 2. The molecule has 108 valence electrons. The predicted molar refractivity (Wildman–Crippen MR) is 81.6 cm³/mol. The fourth-order valence-electron chi connectivity index (χ4n) is 2.00. The van der Waals surface area contributed by atoms with Crippen molar-refractivity contribution in [3.05, 3.63) is 46.8 Å². The third kappa shape index (κ3) is 4.17. The lowest BCUT2D eigenvalue weighted by molar-refractivity contribution is 0.421. The van der Waals surface area contributed by atoms with Gasteiger partial charge in [0.15, 0.2) is 0 Å². The Bertz CT molecular complexity index is 578. The Morgan fingerprint density at radius 2 is 1.95 bits per heavy atom. The molecule has 1 aromatic heterocycles. The minimum absolute atomic E-state index is 0.0942. The highest BCUT2D eigenvalue weighted by atomic mass is 15.4. The Hall–Kier alpha value is -1.68. The van der Waals surface area contributed by atoms with Crippen LogP contribution in [0.3, 0.4) is 0 Å². The zero-order valence-corrected chi connectivity index (χ0v) is 13.1. The van der Waals surface area contributed by atoms with Crippen LogP contribution in [0.25, 0.3) is 0 Å². The molecule has 0 saturated carbocycles.